The molecule has 120 valence electrons. The molecule has 0 atom stereocenters. The maximum absolute atomic E-state index is 11.6. The van der Waals surface area contributed by atoms with Crippen molar-refractivity contribution in [2.45, 2.75) is 0 Å². The van der Waals surface area contributed by atoms with Gasteiger partial charge in [0, 0.05) is 16.3 Å². The molecule has 0 aliphatic carbocycles. The van der Waals surface area contributed by atoms with Crippen molar-refractivity contribution in [3.8, 4) is 17.1 Å². The lowest BCUT2D eigenvalue weighted by atomic mass is 10.2. The Morgan fingerprint density at radius 1 is 1.00 bits per heavy atom. The molecule has 24 heavy (non-hydrogen) atoms. The molecule has 0 fully saturated rings. The zero-order chi connectivity index (χ0) is 17.1. The average molecular weight is 360 g/mol. The van der Waals surface area contributed by atoms with Crippen LogP contribution in [0.2, 0.25) is 10.0 Å². The van der Waals surface area contributed by atoms with E-state index in [2.05, 4.69) is 10.3 Å². The Kier molecular flexibility index (Phi) is 4.64. The number of aromatic nitrogens is 2. The summed E-state index contributed by atoms with van der Waals surface area (Å²) in [5, 5.41) is 3.49. The molecular weight excluding hydrogens is 349 g/mol. The number of rotatable bonds is 5. The lowest BCUT2D eigenvalue weighted by Crippen LogP contribution is -2.04. The van der Waals surface area contributed by atoms with E-state index >= 15 is 0 Å². The van der Waals surface area contributed by atoms with E-state index in [1.54, 1.807) is 47.0 Å². The molecule has 0 spiro atoms. The van der Waals surface area contributed by atoms with Crippen LogP contribution in [0.4, 0.5) is 5.82 Å². The molecule has 0 aliphatic heterocycles. The number of aldehydes is 1. The van der Waals surface area contributed by atoms with Gasteiger partial charge in [-0.1, -0.05) is 35.3 Å². The fourth-order valence-electron chi connectivity index (χ4n) is 2.38. The van der Waals surface area contributed by atoms with Gasteiger partial charge in [0.25, 0.3) is 0 Å². The van der Waals surface area contributed by atoms with Crippen molar-refractivity contribution in [3.63, 3.8) is 0 Å². The predicted molar refractivity (Wildman–Crippen MR) is 94.1 cm³/mol. The van der Waals surface area contributed by atoms with Gasteiger partial charge in [0.05, 0.1) is 5.02 Å². The number of hydrogen-bond acceptors (Lipinski definition) is 3. The van der Waals surface area contributed by atoms with Crippen LogP contribution in [-0.4, -0.2) is 22.2 Å². The Morgan fingerprint density at radius 2 is 1.71 bits per heavy atom. The second kappa shape index (κ2) is 6.86. The van der Waals surface area contributed by atoms with Crippen LogP contribution in [0, 0.1) is 0 Å². The van der Waals surface area contributed by atoms with Gasteiger partial charge in [-0.2, -0.15) is 0 Å². The fourth-order valence-corrected chi connectivity index (χ4v) is 2.72. The Labute approximate surface area is 147 Å². The average Bonchev–Trinajstić information content (AvgIpc) is 2.94. The van der Waals surface area contributed by atoms with Gasteiger partial charge < -0.3 is 5.32 Å². The van der Waals surface area contributed by atoms with Crippen LogP contribution in [0.3, 0.4) is 0 Å². The minimum Gasteiger partial charge on any atom is -0.311 e. The Balaban J connectivity index is 2.31. The summed E-state index contributed by atoms with van der Waals surface area (Å²) in [6, 6.07) is 14.0. The molecule has 0 aliphatic rings. The van der Waals surface area contributed by atoms with Gasteiger partial charge in [-0.15, -0.1) is 0 Å². The first-order chi connectivity index (χ1) is 11.7. The summed E-state index contributed by atoms with van der Waals surface area (Å²) in [7, 11) is 0. The maximum Gasteiger partial charge on any atom is 0.212 e. The summed E-state index contributed by atoms with van der Waals surface area (Å²) in [6.07, 6.45) is 1.10. The number of hydrogen-bond donors (Lipinski definition) is 1. The molecule has 2 aromatic carbocycles. The summed E-state index contributed by atoms with van der Waals surface area (Å²) >= 11 is 12.2. The van der Waals surface area contributed by atoms with Gasteiger partial charge in [0.15, 0.2) is 12.1 Å². The second-order valence-electron chi connectivity index (χ2n) is 4.84. The third-order valence-electron chi connectivity index (χ3n) is 3.42. The summed E-state index contributed by atoms with van der Waals surface area (Å²) < 4.78 is 1.62. The van der Waals surface area contributed by atoms with Crippen LogP contribution in [0.5, 0.6) is 0 Å². The first-order valence-electron chi connectivity index (χ1n) is 6.94. The number of benzene rings is 2. The number of anilines is 1. The van der Waals surface area contributed by atoms with Gasteiger partial charge in [0.1, 0.15) is 11.5 Å². The van der Waals surface area contributed by atoms with Crippen LogP contribution < -0.4 is 5.32 Å². The summed E-state index contributed by atoms with van der Waals surface area (Å²) in [6.45, 7) is 0. The predicted octanol–water partition coefficient (Wildman–Crippen LogP) is 4.23. The van der Waals surface area contributed by atoms with Crippen LogP contribution in [0.1, 0.15) is 10.5 Å². The van der Waals surface area contributed by atoms with E-state index in [0.717, 1.165) is 0 Å². The van der Waals surface area contributed by atoms with Gasteiger partial charge >= 0.3 is 0 Å². The van der Waals surface area contributed by atoms with E-state index in [-0.39, 0.29) is 11.5 Å². The highest BCUT2D eigenvalue weighted by Crippen LogP contribution is 2.32. The topological polar surface area (TPSA) is 64.0 Å². The highest BCUT2D eigenvalue weighted by atomic mass is 35.5. The number of carbonyl (C=O) groups excluding carboxylic acids is 2. The van der Waals surface area contributed by atoms with Crippen molar-refractivity contribution in [1.29, 1.82) is 0 Å². The minimum absolute atomic E-state index is 0.157. The zero-order valence-corrected chi connectivity index (χ0v) is 13.8. The summed E-state index contributed by atoms with van der Waals surface area (Å²) in [5.41, 5.74) is 1.51. The molecule has 3 aromatic rings. The molecule has 1 N–H and O–H groups in total. The molecule has 0 bridgehead atoms. The molecule has 1 aromatic heterocycles. The van der Waals surface area contributed by atoms with Crippen molar-refractivity contribution in [3.05, 3.63) is 64.3 Å². The Morgan fingerprint density at radius 3 is 2.33 bits per heavy atom. The van der Waals surface area contributed by atoms with Crippen LogP contribution in [0.25, 0.3) is 17.1 Å². The molecule has 0 radical (unpaired) electrons. The third kappa shape index (κ3) is 2.91. The molecule has 0 unspecified atom stereocenters. The summed E-state index contributed by atoms with van der Waals surface area (Å²) in [5.74, 6) is 0.597. The van der Waals surface area contributed by atoms with Crippen molar-refractivity contribution in [2.75, 3.05) is 5.32 Å². The highest BCUT2D eigenvalue weighted by Gasteiger charge is 2.20. The first kappa shape index (κ1) is 16.2. The Bertz CT molecular complexity index is 905. The number of imidazole rings is 1. The van der Waals surface area contributed by atoms with Crippen molar-refractivity contribution in [1.82, 2.24) is 9.55 Å². The smallest absolute Gasteiger partial charge is 0.212 e. The summed E-state index contributed by atoms with van der Waals surface area (Å²) in [4.78, 5) is 26.8. The number of nitrogens with one attached hydrogen (secondary N) is 1. The van der Waals surface area contributed by atoms with Crippen LogP contribution in [0.15, 0.2) is 48.5 Å². The number of nitrogens with zero attached hydrogens (tertiary/aromatic N) is 2. The van der Waals surface area contributed by atoms with E-state index < -0.39 is 0 Å². The molecular formula is C17H11Cl2N3O2. The van der Waals surface area contributed by atoms with E-state index in [1.807, 2.05) is 6.07 Å². The van der Waals surface area contributed by atoms with E-state index in [9.17, 15) is 9.59 Å². The number of halogens is 2. The largest absolute Gasteiger partial charge is 0.311 e. The molecule has 3 rings (SSSR count). The maximum atomic E-state index is 11.6. The lowest BCUT2D eigenvalue weighted by Gasteiger charge is -2.10. The molecule has 5 nitrogen and oxygen atoms in total. The molecule has 1 heterocycles. The zero-order valence-electron chi connectivity index (χ0n) is 12.2. The Hall–Kier alpha value is -2.63. The van der Waals surface area contributed by atoms with Gasteiger partial charge in [-0.05, 0) is 36.4 Å². The SMILES string of the molecule is O=CNc1nc(-c2ccccc2Cl)n(-c2ccc(Cl)cc2)c1C=O. The van der Waals surface area contributed by atoms with E-state index in [4.69, 9.17) is 23.2 Å². The number of carbonyl (C=O) groups is 2. The van der Waals surface area contributed by atoms with E-state index in [0.29, 0.717) is 39.8 Å². The van der Waals surface area contributed by atoms with Crippen molar-refractivity contribution < 1.29 is 9.59 Å². The quantitative estimate of drug-likeness (QED) is 0.693. The lowest BCUT2D eigenvalue weighted by molar-refractivity contribution is -0.105. The van der Waals surface area contributed by atoms with Crippen molar-refractivity contribution in [2.24, 2.45) is 0 Å². The molecule has 7 heteroatoms. The van der Waals surface area contributed by atoms with Crippen LogP contribution in [-0.2, 0) is 4.79 Å². The first-order valence-corrected chi connectivity index (χ1v) is 7.70. The minimum atomic E-state index is 0.157. The standard InChI is InChI=1S/C17H11Cl2N3O2/c18-11-5-7-12(8-6-11)22-15(9-23)16(20-10-24)21-17(22)13-3-1-2-4-14(13)19/h1-10H,(H,20,24). The van der Waals surface area contributed by atoms with Gasteiger partial charge in [-0.3, -0.25) is 14.2 Å². The van der Waals surface area contributed by atoms with E-state index in [1.165, 1.54) is 0 Å². The third-order valence-corrected chi connectivity index (χ3v) is 4.00. The monoisotopic (exact) mass is 359 g/mol. The van der Waals surface area contributed by atoms with Crippen LogP contribution >= 0.6 is 23.2 Å². The van der Waals surface area contributed by atoms with Gasteiger partial charge in [0.2, 0.25) is 6.41 Å². The molecule has 0 saturated carbocycles. The molecule has 0 saturated heterocycles. The number of amides is 1. The normalized spacial score (nSPS) is 10.4. The molecule has 1 amide bonds. The highest BCUT2D eigenvalue weighted by molar-refractivity contribution is 6.33. The fraction of sp³-hybridized carbons (Fsp3) is 0. The second-order valence-corrected chi connectivity index (χ2v) is 5.68. The van der Waals surface area contributed by atoms with Gasteiger partial charge in [-0.25, -0.2) is 4.98 Å². The van der Waals surface area contributed by atoms with Crippen molar-refractivity contribution >= 4 is 41.7 Å².